The van der Waals surface area contributed by atoms with E-state index in [1.807, 2.05) is 30.3 Å². The van der Waals surface area contributed by atoms with Crippen LogP contribution in [0.15, 0.2) is 54.6 Å². The molecule has 0 saturated carbocycles. The number of halogens is 2. The highest BCUT2D eigenvalue weighted by atomic mass is 35.5. The van der Waals surface area contributed by atoms with E-state index in [9.17, 15) is 9.18 Å². The van der Waals surface area contributed by atoms with Gasteiger partial charge in [0.15, 0.2) is 0 Å². The number of carbonyl (C=O) groups is 1. The number of hydrogen-bond donors (Lipinski definition) is 1. The van der Waals surface area contributed by atoms with E-state index in [2.05, 4.69) is 0 Å². The van der Waals surface area contributed by atoms with E-state index in [4.69, 9.17) is 5.73 Å². The first-order valence-corrected chi connectivity index (χ1v) is 7.46. The van der Waals surface area contributed by atoms with Gasteiger partial charge in [-0.3, -0.25) is 4.79 Å². The zero-order valence-electron chi connectivity index (χ0n) is 13.0. The van der Waals surface area contributed by atoms with Gasteiger partial charge in [-0.25, -0.2) is 4.39 Å². The zero-order valence-corrected chi connectivity index (χ0v) is 13.8. The Morgan fingerprint density at radius 1 is 1.00 bits per heavy atom. The Balaban J connectivity index is 0.00000264. The Morgan fingerprint density at radius 3 is 2.30 bits per heavy atom. The van der Waals surface area contributed by atoms with Crippen molar-refractivity contribution in [3.8, 4) is 0 Å². The largest absolute Gasteiger partial charge is 0.341 e. The Morgan fingerprint density at radius 2 is 1.65 bits per heavy atom. The molecule has 0 saturated heterocycles. The molecular weight excluding hydrogens is 315 g/mol. The third kappa shape index (κ3) is 6.00. The molecule has 0 radical (unpaired) electrons. The lowest BCUT2D eigenvalue weighted by Gasteiger charge is -2.22. The minimum Gasteiger partial charge on any atom is -0.341 e. The van der Waals surface area contributed by atoms with Crippen LogP contribution in [0.2, 0.25) is 0 Å². The van der Waals surface area contributed by atoms with Gasteiger partial charge in [-0.1, -0.05) is 48.5 Å². The molecule has 0 aliphatic carbocycles. The van der Waals surface area contributed by atoms with E-state index in [-0.39, 0.29) is 30.6 Å². The summed E-state index contributed by atoms with van der Waals surface area (Å²) in [6.07, 6.45) is 0.839. The van der Waals surface area contributed by atoms with E-state index in [1.165, 1.54) is 11.6 Å². The lowest BCUT2D eigenvalue weighted by Crippen LogP contribution is -2.38. The summed E-state index contributed by atoms with van der Waals surface area (Å²) in [5, 5.41) is 0. The van der Waals surface area contributed by atoms with E-state index >= 15 is 0 Å². The van der Waals surface area contributed by atoms with Crippen molar-refractivity contribution in [2.24, 2.45) is 5.73 Å². The molecule has 0 atom stereocenters. The molecule has 0 aliphatic rings. The Bertz CT molecular complexity index is 607. The fourth-order valence-corrected chi connectivity index (χ4v) is 2.34. The summed E-state index contributed by atoms with van der Waals surface area (Å²) < 4.78 is 13.7. The predicted molar refractivity (Wildman–Crippen MR) is 93.1 cm³/mol. The molecule has 124 valence electrons. The predicted octanol–water partition coefficient (Wildman–Crippen LogP) is 2.82. The summed E-state index contributed by atoms with van der Waals surface area (Å²) in [6, 6.07) is 16.4. The number of amides is 1. The van der Waals surface area contributed by atoms with Crippen LogP contribution in [0.4, 0.5) is 4.39 Å². The fraction of sp³-hybridized carbons (Fsp3) is 0.278. The van der Waals surface area contributed by atoms with Gasteiger partial charge in [0.2, 0.25) is 5.91 Å². The first kappa shape index (κ1) is 19.1. The van der Waals surface area contributed by atoms with Crippen LogP contribution >= 0.6 is 12.4 Å². The first-order chi connectivity index (χ1) is 10.7. The van der Waals surface area contributed by atoms with Crippen molar-refractivity contribution < 1.29 is 9.18 Å². The van der Waals surface area contributed by atoms with Gasteiger partial charge in [0.05, 0.1) is 6.42 Å². The highest BCUT2D eigenvalue weighted by Gasteiger charge is 2.15. The van der Waals surface area contributed by atoms with E-state index in [1.54, 1.807) is 23.1 Å². The maximum atomic E-state index is 13.7. The van der Waals surface area contributed by atoms with Gasteiger partial charge in [-0.05, 0) is 23.6 Å². The molecular formula is C18H22ClFN2O. The second kappa shape index (κ2) is 9.98. The lowest BCUT2D eigenvalue weighted by atomic mass is 10.1. The standard InChI is InChI=1S/C18H21FN2O.ClH/c19-17-9-5-4-8-16(17)14-18(22)21(13-11-20)12-10-15-6-2-1-3-7-15;/h1-9H,10-14,20H2;1H. The summed E-state index contributed by atoms with van der Waals surface area (Å²) in [7, 11) is 0. The molecule has 3 nitrogen and oxygen atoms in total. The van der Waals surface area contributed by atoms with Crippen LogP contribution in [0.1, 0.15) is 11.1 Å². The van der Waals surface area contributed by atoms with Crippen molar-refractivity contribution >= 4 is 18.3 Å². The third-order valence-electron chi connectivity index (χ3n) is 3.56. The van der Waals surface area contributed by atoms with Gasteiger partial charge in [0, 0.05) is 19.6 Å². The van der Waals surface area contributed by atoms with Gasteiger partial charge in [-0.15, -0.1) is 12.4 Å². The molecule has 0 spiro atoms. The summed E-state index contributed by atoms with van der Waals surface area (Å²) in [4.78, 5) is 14.1. The summed E-state index contributed by atoms with van der Waals surface area (Å²) in [5.74, 6) is -0.432. The van der Waals surface area contributed by atoms with Crippen molar-refractivity contribution in [3.05, 3.63) is 71.5 Å². The van der Waals surface area contributed by atoms with Crippen molar-refractivity contribution in [1.29, 1.82) is 0 Å². The van der Waals surface area contributed by atoms with Crippen LogP contribution in [0.5, 0.6) is 0 Å². The topological polar surface area (TPSA) is 46.3 Å². The second-order valence-electron chi connectivity index (χ2n) is 5.17. The van der Waals surface area contributed by atoms with Crippen molar-refractivity contribution in [2.45, 2.75) is 12.8 Å². The maximum Gasteiger partial charge on any atom is 0.227 e. The van der Waals surface area contributed by atoms with E-state index in [0.29, 0.717) is 25.2 Å². The molecule has 2 aromatic carbocycles. The number of nitrogens with two attached hydrogens (primary N) is 1. The van der Waals surface area contributed by atoms with Gasteiger partial charge in [-0.2, -0.15) is 0 Å². The molecule has 0 aromatic heterocycles. The van der Waals surface area contributed by atoms with Crippen LogP contribution in [0.25, 0.3) is 0 Å². The van der Waals surface area contributed by atoms with E-state index in [0.717, 1.165) is 6.42 Å². The van der Waals surface area contributed by atoms with Gasteiger partial charge < -0.3 is 10.6 Å². The highest BCUT2D eigenvalue weighted by Crippen LogP contribution is 2.09. The van der Waals surface area contributed by atoms with Gasteiger partial charge in [0.25, 0.3) is 0 Å². The molecule has 5 heteroatoms. The molecule has 2 rings (SSSR count). The molecule has 0 aliphatic heterocycles. The molecule has 0 bridgehead atoms. The van der Waals surface area contributed by atoms with E-state index < -0.39 is 0 Å². The molecule has 0 unspecified atom stereocenters. The number of nitrogens with zero attached hydrogens (tertiary/aromatic N) is 1. The third-order valence-corrected chi connectivity index (χ3v) is 3.56. The van der Waals surface area contributed by atoms with Crippen LogP contribution in [-0.2, 0) is 17.6 Å². The van der Waals surface area contributed by atoms with Crippen LogP contribution in [0, 0.1) is 5.82 Å². The monoisotopic (exact) mass is 336 g/mol. The zero-order chi connectivity index (χ0) is 15.8. The molecule has 23 heavy (non-hydrogen) atoms. The van der Waals surface area contributed by atoms with Crippen LogP contribution < -0.4 is 5.73 Å². The minimum absolute atomic E-state index is 0. The number of benzene rings is 2. The lowest BCUT2D eigenvalue weighted by molar-refractivity contribution is -0.130. The van der Waals surface area contributed by atoms with Crippen molar-refractivity contribution in [2.75, 3.05) is 19.6 Å². The quantitative estimate of drug-likeness (QED) is 0.845. The average molecular weight is 337 g/mol. The fourth-order valence-electron chi connectivity index (χ4n) is 2.34. The molecule has 0 heterocycles. The number of rotatable bonds is 7. The van der Waals surface area contributed by atoms with Crippen LogP contribution in [-0.4, -0.2) is 30.4 Å². The highest BCUT2D eigenvalue weighted by molar-refractivity contribution is 5.85. The number of hydrogen-bond acceptors (Lipinski definition) is 2. The van der Waals surface area contributed by atoms with Crippen molar-refractivity contribution in [1.82, 2.24) is 4.90 Å². The number of carbonyl (C=O) groups excluding carboxylic acids is 1. The van der Waals surface area contributed by atoms with Crippen molar-refractivity contribution in [3.63, 3.8) is 0 Å². The summed E-state index contributed by atoms with van der Waals surface area (Å²) in [5.41, 5.74) is 7.19. The summed E-state index contributed by atoms with van der Waals surface area (Å²) >= 11 is 0. The summed E-state index contributed by atoms with van der Waals surface area (Å²) in [6.45, 7) is 1.48. The normalized spacial score (nSPS) is 10.0. The molecule has 0 fully saturated rings. The molecule has 1 amide bonds. The van der Waals surface area contributed by atoms with Gasteiger partial charge in [0.1, 0.15) is 5.82 Å². The smallest absolute Gasteiger partial charge is 0.227 e. The Hall–Kier alpha value is -1.91. The Kier molecular flexibility index (Phi) is 8.30. The first-order valence-electron chi connectivity index (χ1n) is 7.46. The second-order valence-corrected chi connectivity index (χ2v) is 5.17. The molecule has 2 aromatic rings. The molecule has 2 N–H and O–H groups in total. The van der Waals surface area contributed by atoms with Gasteiger partial charge >= 0.3 is 0 Å². The average Bonchev–Trinajstić information content (AvgIpc) is 2.54. The maximum absolute atomic E-state index is 13.7. The Labute approximate surface area is 142 Å². The van der Waals surface area contributed by atoms with Crippen LogP contribution in [0.3, 0.4) is 0 Å². The minimum atomic E-state index is -0.341. The SMILES string of the molecule is Cl.NCCN(CCc1ccccc1)C(=O)Cc1ccccc1F.